The lowest BCUT2D eigenvalue weighted by molar-refractivity contribution is 0.0490. The van der Waals surface area contributed by atoms with Gasteiger partial charge >= 0.3 is 12.0 Å². The molecule has 2 amide bonds. The van der Waals surface area contributed by atoms with E-state index >= 15 is 0 Å². The predicted octanol–water partition coefficient (Wildman–Crippen LogP) is 3.19. The van der Waals surface area contributed by atoms with Crippen molar-refractivity contribution in [1.82, 2.24) is 9.62 Å². The van der Waals surface area contributed by atoms with Crippen molar-refractivity contribution in [3.63, 3.8) is 0 Å². The maximum atomic E-state index is 12.6. The van der Waals surface area contributed by atoms with Crippen molar-refractivity contribution in [1.29, 1.82) is 0 Å². The third-order valence-electron chi connectivity index (χ3n) is 4.78. The SMILES string of the molecule is CCOC(=O)c1oc2ccccc2c1CNC(=O)Nc1cc(S(=O)(=O)N(C)C)ccc1OC. The zero-order valence-electron chi connectivity index (χ0n) is 18.7. The molecule has 0 radical (unpaired) electrons. The van der Waals surface area contributed by atoms with Crippen molar-refractivity contribution in [3.8, 4) is 5.75 Å². The molecule has 0 bridgehead atoms. The van der Waals surface area contributed by atoms with Crippen LogP contribution in [0, 0.1) is 0 Å². The fourth-order valence-corrected chi connectivity index (χ4v) is 4.06. The first-order valence-electron chi connectivity index (χ1n) is 10.0. The van der Waals surface area contributed by atoms with E-state index in [4.69, 9.17) is 13.9 Å². The van der Waals surface area contributed by atoms with Gasteiger partial charge in [0.25, 0.3) is 0 Å². The number of ether oxygens (including phenoxy) is 2. The van der Waals surface area contributed by atoms with Crippen molar-refractivity contribution < 1.29 is 31.9 Å². The number of furan rings is 1. The molecule has 0 spiro atoms. The summed E-state index contributed by atoms with van der Waals surface area (Å²) < 4.78 is 41.9. The highest BCUT2D eigenvalue weighted by Gasteiger charge is 2.23. The Morgan fingerprint density at radius 1 is 1.12 bits per heavy atom. The van der Waals surface area contributed by atoms with Crippen molar-refractivity contribution in [3.05, 3.63) is 53.8 Å². The van der Waals surface area contributed by atoms with E-state index in [1.807, 2.05) is 0 Å². The van der Waals surface area contributed by atoms with Crippen molar-refractivity contribution in [2.24, 2.45) is 0 Å². The second-order valence-corrected chi connectivity index (χ2v) is 9.24. The van der Waals surface area contributed by atoms with Crippen LogP contribution >= 0.6 is 0 Å². The molecule has 3 aromatic rings. The van der Waals surface area contributed by atoms with Gasteiger partial charge in [-0.1, -0.05) is 18.2 Å². The number of carbonyl (C=O) groups excluding carboxylic acids is 2. The number of nitrogens with one attached hydrogen (secondary N) is 2. The van der Waals surface area contributed by atoms with E-state index in [0.29, 0.717) is 16.5 Å². The standard InChI is InChI=1S/C22H25N3O7S/c1-5-31-21(26)20-16(15-8-6-7-9-18(15)32-20)13-23-22(27)24-17-12-14(10-11-19(17)30-4)33(28,29)25(2)3/h6-12H,5,13H2,1-4H3,(H2,23,24,27). The molecule has 1 aromatic heterocycles. The lowest BCUT2D eigenvalue weighted by Gasteiger charge is -2.15. The largest absolute Gasteiger partial charge is 0.495 e. The molecular formula is C22H25N3O7S. The van der Waals surface area contributed by atoms with E-state index in [9.17, 15) is 18.0 Å². The topological polar surface area (TPSA) is 127 Å². The third-order valence-corrected chi connectivity index (χ3v) is 6.59. The molecule has 0 aliphatic carbocycles. The van der Waals surface area contributed by atoms with E-state index in [1.165, 1.54) is 39.4 Å². The molecule has 1 heterocycles. The van der Waals surface area contributed by atoms with Crippen LogP contribution in [0.25, 0.3) is 11.0 Å². The number of anilines is 1. The van der Waals surface area contributed by atoms with Crippen LogP contribution in [-0.2, 0) is 21.3 Å². The molecule has 0 aliphatic rings. The average molecular weight is 476 g/mol. The third kappa shape index (κ3) is 5.10. The molecule has 10 nitrogen and oxygen atoms in total. The number of sulfonamides is 1. The van der Waals surface area contributed by atoms with Crippen LogP contribution in [0.4, 0.5) is 10.5 Å². The second kappa shape index (κ2) is 9.92. The molecule has 0 aliphatic heterocycles. The van der Waals surface area contributed by atoms with Gasteiger partial charge in [-0.15, -0.1) is 0 Å². The number of methoxy groups -OCH3 is 1. The molecule has 0 unspecified atom stereocenters. The van der Waals surface area contributed by atoms with Crippen molar-refractivity contribution in [2.75, 3.05) is 33.1 Å². The fraction of sp³-hybridized carbons (Fsp3) is 0.273. The molecule has 0 saturated carbocycles. The summed E-state index contributed by atoms with van der Waals surface area (Å²) >= 11 is 0. The number of rotatable bonds is 8. The minimum atomic E-state index is -3.71. The maximum absolute atomic E-state index is 12.6. The van der Waals surface area contributed by atoms with Gasteiger partial charge in [-0.25, -0.2) is 22.3 Å². The number of esters is 1. The quantitative estimate of drug-likeness (QED) is 0.479. The Balaban J connectivity index is 1.84. The van der Waals surface area contributed by atoms with E-state index in [-0.39, 0.29) is 35.2 Å². The highest BCUT2D eigenvalue weighted by Crippen LogP contribution is 2.29. The van der Waals surface area contributed by atoms with Gasteiger partial charge in [0.15, 0.2) is 0 Å². The Morgan fingerprint density at radius 3 is 2.52 bits per heavy atom. The number of para-hydroxylation sites is 1. The number of fused-ring (bicyclic) bond motifs is 1. The molecule has 0 atom stereocenters. The van der Waals surface area contributed by atoms with Crippen LogP contribution in [-0.4, -0.2) is 52.5 Å². The van der Waals surface area contributed by atoms with Gasteiger partial charge in [-0.05, 0) is 31.2 Å². The molecule has 2 aromatic carbocycles. The molecule has 11 heteroatoms. The Kier molecular flexibility index (Phi) is 7.24. The van der Waals surface area contributed by atoms with E-state index < -0.39 is 22.0 Å². The van der Waals surface area contributed by atoms with Gasteiger partial charge in [0, 0.05) is 31.6 Å². The summed E-state index contributed by atoms with van der Waals surface area (Å²) in [5.41, 5.74) is 1.12. The van der Waals surface area contributed by atoms with Crippen LogP contribution in [0.1, 0.15) is 23.0 Å². The van der Waals surface area contributed by atoms with Gasteiger partial charge in [0.1, 0.15) is 11.3 Å². The number of benzene rings is 2. The Morgan fingerprint density at radius 2 is 1.85 bits per heavy atom. The van der Waals surface area contributed by atoms with Crippen LogP contribution in [0.5, 0.6) is 5.75 Å². The number of nitrogens with zero attached hydrogens (tertiary/aromatic N) is 1. The smallest absolute Gasteiger partial charge is 0.374 e. The predicted molar refractivity (Wildman–Crippen MR) is 122 cm³/mol. The van der Waals surface area contributed by atoms with Crippen LogP contribution in [0.15, 0.2) is 51.8 Å². The summed E-state index contributed by atoms with van der Waals surface area (Å²) in [6.07, 6.45) is 0. The van der Waals surface area contributed by atoms with Gasteiger partial charge < -0.3 is 24.5 Å². The van der Waals surface area contributed by atoms with Crippen molar-refractivity contribution >= 4 is 38.7 Å². The summed E-state index contributed by atoms with van der Waals surface area (Å²) in [5, 5.41) is 5.92. The van der Waals surface area contributed by atoms with Gasteiger partial charge in [0.2, 0.25) is 15.8 Å². The van der Waals surface area contributed by atoms with Gasteiger partial charge in [0.05, 0.1) is 24.3 Å². The van der Waals surface area contributed by atoms with E-state index in [0.717, 1.165) is 4.31 Å². The lowest BCUT2D eigenvalue weighted by atomic mass is 10.1. The minimum Gasteiger partial charge on any atom is -0.495 e. The maximum Gasteiger partial charge on any atom is 0.374 e. The number of hydrogen-bond acceptors (Lipinski definition) is 7. The van der Waals surface area contributed by atoms with Crippen LogP contribution in [0.3, 0.4) is 0 Å². The molecule has 2 N–H and O–H groups in total. The summed E-state index contributed by atoms with van der Waals surface area (Å²) in [6.45, 7) is 1.83. The first-order chi connectivity index (χ1) is 15.7. The molecule has 3 rings (SSSR count). The zero-order chi connectivity index (χ0) is 24.2. The van der Waals surface area contributed by atoms with E-state index in [2.05, 4.69) is 10.6 Å². The number of hydrogen-bond donors (Lipinski definition) is 2. The highest BCUT2D eigenvalue weighted by atomic mass is 32.2. The number of urea groups is 1. The normalized spacial score (nSPS) is 11.4. The minimum absolute atomic E-state index is 0.00553. The number of amides is 2. The fourth-order valence-electron chi connectivity index (χ4n) is 3.13. The lowest BCUT2D eigenvalue weighted by Crippen LogP contribution is -2.29. The summed E-state index contributed by atoms with van der Waals surface area (Å²) in [4.78, 5) is 24.9. The molecule has 33 heavy (non-hydrogen) atoms. The second-order valence-electron chi connectivity index (χ2n) is 7.08. The molecule has 0 fully saturated rings. The molecule has 0 saturated heterocycles. The molecule has 176 valence electrons. The summed E-state index contributed by atoms with van der Waals surface area (Å²) in [5.74, 6) is -0.340. The zero-order valence-corrected chi connectivity index (χ0v) is 19.5. The van der Waals surface area contributed by atoms with Crippen LogP contribution < -0.4 is 15.4 Å². The van der Waals surface area contributed by atoms with E-state index in [1.54, 1.807) is 31.2 Å². The summed E-state index contributed by atoms with van der Waals surface area (Å²) in [6, 6.07) is 10.6. The summed E-state index contributed by atoms with van der Waals surface area (Å²) in [7, 11) is 0.519. The Bertz CT molecular complexity index is 1280. The van der Waals surface area contributed by atoms with Crippen LogP contribution in [0.2, 0.25) is 0 Å². The monoisotopic (exact) mass is 475 g/mol. The Hall–Kier alpha value is -3.57. The van der Waals surface area contributed by atoms with Crippen molar-refractivity contribution in [2.45, 2.75) is 18.4 Å². The Labute approximate surface area is 191 Å². The molecular weight excluding hydrogens is 450 g/mol. The highest BCUT2D eigenvalue weighted by molar-refractivity contribution is 7.89. The van der Waals surface area contributed by atoms with Gasteiger partial charge in [-0.3, -0.25) is 0 Å². The number of carbonyl (C=O) groups is 2. The average Bonchev–Trinajstić information content (AvgIpc) is 3.16. The first kappa shape index (κ1) is 24.1. The van der Waals surface area contributed by atoms with Gasteiger partial charge in [-0.2, -0.15) is 0 Å². The first-order valence-corrected chi connectivity index (χ1v) is 11.5.